The van der Waals surface area contributed by atoms with E-state index in [1.54, 1.807) is 12.1 Å². The number of rotatable bonds is 3. The van der Waals surface area contributed by atoms with Crippen molar-refractivity contribution in [3.8, 4) is 5.75 Å². The van der Waals surface area contributed by atoms with Crippen LogP contribution >= 0.6 is 0 Å². The van der Waals surface area contributed by atoms with Gasteiger partial charge in [0.15, 0.2) is 0 Å². The Bertz CT molecular complexity index is 513. The van der Waals surface area contributed by atoms with Crippen LogP contribution in [0.2, 0.25) is 0 Å². The monoisotopic (exact) mass is 274 g/mol. The van der Waals surface area contributed by atoms with Crippen LogP contribution in [0, 0.1) is 17.3 Å². The van der Waals surface area contributed by atoms with Gasteiger partial charge in [0.1, 0.15) is 5.75 Å². The van der Waals surface area contributed by atoms with Gasteiger partial charge in [-0.1, -0.05) is 26.0 Å². The van der Waals surface area contributed by atoms with Gasteiger partial charge in [0, 0.05) is 19.6 Å². The first-order valence-electron chi connectivity index (χ1n) is 7.29. The van der Waals surface area contributed by atoms with Gasteiger partial charge < -0.3 is 15.3 Å². The molecule has 1 heterocycles. The molecule has 1 aromatic rings. The number of phenolic OH excluding ortho intramolecular Hbond substituents is 1. The smallest absolute Gasteiger partial charge is 0.317 e. The molecule has 20 heavy (non-hydrogen) atoms. The molecule has 1 saturated carbocycles. The highest BCUT2D eigenvalue weighted by Crippen LogP contribution is 2.61. The number of carbonyl (C=O) groups excluding carboxylic acids is 1. The SMILES string of the molecule is CC1(C)[C@@H]2CN(C(=O)NCCc3cccc(O)c3)C[C@@H]21. The van der Waals surface area contributed by atoms with E-state index in [0.29, 0.717) is 23.8 Å². The molecule has 2 N–H and O–H groups in total. The Morgan fingerprint density at radius 3 is 2.75 bits per heavy atom. The molecule has 0 spiro atoms. The van der Waals surface area contributed by atoms with E-state index in [-0.39, 0.29) is 11.8 Å². The van der Waals surface area contributed by atoms with Crippen molar-refractivity contribution < 1.29 is 9.90 Å². The summed E-state index contributed by atoms with van der Waals surface area (Å²) in [6, 6.07) is 7.22. The average molecular weight is 274 g/mol. The molecule has 4 heteroatoms. The predicted octanol–water partition coefficient (Wildman–Crippen LogP) is 2.23. The van der Waals surface area contributed by atoms with Gasteiger partial charge in [-0.3, -0.25) is 0 Å². The zero-order valence-electron chi connectivity index (χ0n) is 12.1. The Balaban J connectivity index is 1.43. The highest BCUT2D eigenvalue weighted by atomic mass is 16.3. The number of urea groups is 1. The molecule has 1 saturated heterocycles. The van der Waals surface area contributed by atoms with Crippen LogP contribution in [-0.2, 0) is 6.42 Å². The molecule has 2 amide bonds. The van der Waals surface area contributed by atoms with Crippen molar-refractivity contribution in [2.24, 2.45) is 17.3 Å². The van der Waals surface area contributed by atoms with Gasteiger partial charge in [-0.15, -0.1) is 0 Å². The number of hydrogen-bond donors (Lipinski definition) is 2. The molecule has 4 nitrogen and oxygen atoms in total. The van der Waals surface area contributed by atoms with Gasteiger partial charge in [-0.25, -0.2) is 4.79 Å². The Morgan fingerprint density at radius 1 is 1.40 bits per heavy atom. The lowest BCUT2D eigenvalue weighted by atomic mass is 10.1. The third-order valence-corrected chi connectivity index (χ3v) is 5.01. The lowest BCUT2D eigenvalue weighted by Crippen LogP contribution is -2.41. The first kappa shape index (κ1) is 13.3. The Labute approximate surface area is 119 Å². The first-order chi connectivity index (χ1) is 9.48. The summed E-state index contributed by atoms with van der Waals surface area (Å²) in [5, 5.41) is 12.3. The first-order valence-corrected chi connectivity index (χ1v) is 7.29. The van der Waals surface area contributed by atoms with Crippen molar-refractivity contribution in [1.29, 1.82) is 0 Å². The average Bonchev–Trinajstić information content (AvgIpc) is 2.80. The van der Waals surface area contributed by atoms with E-state index < -0.39 is 0 Å². The third-order valence-electron chi connectivity index (χ3n) is 5.01. The number of hydrogen-bond acceptors (Lipinski definition) is 2. The standard InChI is InChI=1S/C16H22N2O2/c1-16(2)13-9-18(10-14(13)16)15(20)17-7-6-11-4-3-5-12(19)8-11/h3-5,8,13-14,19H,6-7,9-10H2,1-2H3,(H,17,20)/t13-,14+. The number of benzene rings is 1. The lowest BCUT2D eigenvalue weighted by molar-refractivity contribution is 0.196. The van der Waals surface area contributed by atoms with E-state index in [0.717, 1.165) is 25.1 Å². The van der Waals surface area contributed by atoms with Crippen LogP contribution in [0.3, 0.4) is 0 Å². The fourth-order valence-corrected chi connectivity index (χ4v) is 3.44. The zero-order chi connectivity index (χ0) is 14.3. The fraction of sp³-hybridized carbons (Fsp3) is 0.562. The van der Waals surface area contributed by atoms with Crippen LogP contribution in [0.4, 0.5) is 4.79 Å². The molecule has 2 atom stereocenters. The molecular formula is C16H22N2O2. The number of nitrogens with zero attached hydrogens (tertiary/aromatic N) is 1. The zero-order valence-corrected chi connectivity index (χ0v) is 12.1. The quantitative estimate of drug-likeness (QED) is 0.888. The summed E-state index contributed by atoms with van der Waals surface area (Å²) in [5.74, 6) is 1.66. The molecule has 0 unspecified atom stereocenters. The second-order valence-corrected chi connectivity index (χ2v) is 6.59. The molecule has 3 rings (SSSR count). The van der Waals surface area contributed by atoms with Crippen LogP contribution in [0.5, 0.6) is 5.75 Å². The topological polar surface area (TPSA) is 52.6 Å². The maximum absolute atomic E-state index is 12.0. The molecule has 0 radical (unpaired) electrons. The van der Waals surface area contributed by atoms with Gasteiger partial charge in [-0.2, -0.15) is 0 Å². The molecule has 1 aliphatic heterocycles. The van der Waals surface area contributed by atoms with Crippen molar-refractivity contribution in [2.75, 3.05) is 19.6 Å². The Kier molecular flexibility index (Phi) is 3.11. The number of nitrogens with one attached hydrogen (secondary N) is 1. The second-order valence-electron chi connectivity index (χ2n) is 6.59. The van der Waals surface area contributed by atoms with Crippen LogP contribution in [0.15, 0.2) is 24.3 Å². The fourth-order valence-electron chi connectivity index (χ4n) is 3.44. The molecule has 1 aliphatic carbocycles. The minimum absolute atomic E-state index is 0.0492. The van der Waals surface area contributed by atoms with Crippen molar-refractivity contribution >= 4 is 6.03 Å². The van der Waals surface area contributed by atoms with E-state index in [9.17, 15) is 9.90 Å². The highest BCUT2D eigenvalue weighted by molar-refractivity contribution is 5.74. The van der Waals surface area contributed by atoms with Crippen LogP contribution in [-0.4, -0.2) is 35.7 Å². The Hall–Kier alpha value is -1.71. The van der Waals surface area contributed by atoms with Crippen molar-refractivity contribution in [3.05, 3.63) is 29.8 Å². The minimum Gasteiger partial charge on any atom is -0.508 e. The summed E-state index contributed by atoms with van der Waals surface area (Å²) in [7, 11) is 0. The van der Waals surface area contributed by atoms with Gasteiger partial charge >= 0.3 is 6.03 Å². The maximum Gasteiger partial charge on any atom is 0.317 e. The molecule has 2 aliphatic rings. The van der Waals surface area contributed by atoms with Gasteiger partial charge in [0.25, 0.3) is 0 Å². The predicted molar refractivity (Wildman–Crippen MR) is 77.5 cm³/mol. The number of aromatic hydroxyl groups is 1. The lowest BCUT2D eigenvalue weighted by Gasteiger charge is -2.22. The largest absolute Gasteiger partial charge is 0.508 e. The number of fused-ring (bicyclic) bond motifs is 1. The molecule has 108 valence electrons. The molecule has 2 fully saturated rings. The van der Waals surface area contributed by atoms with Crippen LogP contribution in [0.25, 0.3) is 0 Å². The normalized spacial score (nSPS) is 26.2. The Morgan fingerprint density at radius 2 is 2.10 bits per heavy atom. The number of amides is 2. The van der Waals surface area contributed by atoms with E-state index >= 15 is 0 Å². The molecule has 1 aromatic carbocycles. The van der Waals surface area contributed by atoms with E-state index in [1.807, 2.05) is 17.0 Å². The third kappa shape index (κ3) is 2.35. The minimum atomic E-state index is 0.0492. The number of piperidine rings is 1. The number of phenols is 1. The summed E-state index contributed by atoms with van der Waals surface area (Å²) in [4.78, 5) is 14.0. The summed E-state index contributed by atoms with van der Waals surface area (Å²) in [6.45, 7) is 6.99. The van der Waals surface area contributed by atoms with Gasteiger partial charge in [-0.05, 0) is 41.4 Å². The summed E-state index contributed by atoms with van der Waals surface area (Å²) in [5.41, 5.74) is 1.48. The second kappa shape index (κ2) is 4.69. The maximum atomic E-state index is 12.0. The van der Waals surface area contributed by atoms with Crippen molar-refractivity contribution in [3.63, 3.8) is 0 Å². The number of likely N-dealkylation sites (tertiary alicyclic amines) is 1. The van der Waals surface area contributed by atoms with Gasteiger partial charge in [0.2, 0.25) is 0 Å². The van der Waals surface area contributed by atoms with E-state index in [2.05, 4.69) is 19.2 Å². The van der Waals surface area contributed by atoms with Crippen molar-refractivity contribution in [2.45, 2.75) is 20.3 Å². The van der Waals surface area contributed by atoms with Crippen LogP contribution in [0.1, 0.15) is 19.4 Å². The molecular weight excluding hydrogens is 252 g/mol. The summed E-state index contributed by atoms with van der Waals surface area (Å²) < 4.78 is 0. The van der Waals surface area contributed by atoms with Crippen molar-refractivity contribution in [1.82, 2.24) is 10.2 Å². The summed E-state index contributed by atoms with van der Waals surface area (Å²) >= 11 is 0. The van der Waals surface area contributed by atoms with E-state index in [1.165, 1.54) is 0 Å². The molecule has 0 bridgehead atoms. The highest BCUT2D eigenvalue weighted by Gasteiger charge is 2.62. The molecule has 0 aromatic heterocycles. The number of carbonyl (C=O) groups is 1. The van der Waals surface area contributed by atoms with Crippen LogP contribution < -0.4 is 5.32 Å². The van der Waals surface area contributed by atoms with Gasteiger partial charge in [0.05, 0.1) is 0 Å². The summed E-state index contributed by atoms with van der Waals surface area (Å²) in [6.07, 6.45) is 0.742. The van der Waals surface area contributed by atoms with E-state index in [4.69, 9.17) is 0 Å².